The third-order valence-corrected chi connectivity index (χ3v) is 4.93. The monoisotopic (exact) mass is 296 g/mol. The van der Waals surface area contributed by atoms with Crippen molar-refractivity contribution in [2.75, 3.05) is 19.6 Å². The van der Waals surface area contributed by atoms with Gasteiger partial charge < -0.3 is 15.3 Å². The second-order valence-corrected chi connectivity index (χ2v) is 6.64. The molecule has 1 heterocycles. The van der Waals surface area contributed by atoms with Gasteiger partial charge in [-0.05, 0) is 51.1 Å². The van der Waals surface area contributed by atoms with Gasteiger partial charge in [0.25, 0.3) is 0 Å². The molecule has 1 saturated heterocycles. The van der Waals surface area contributed by atoms with Gasteiger partial charge >= 0.3 is 5.97 Å². The van der Waals surface area contributed by atoms with Crippen LogP contribution in [0.15, 0.2) is 0 Å². The fourth-order valence-corrected chi connectivity index (χ4v) is 3.88. The number of nitrogens with one attached hydrogen (secondary N) is 1. The number of carbonyl (C=O) groups excluding carboxylic acids is 1. The number of carboxylic acids is 1. The molecule has 0 aromatic rings. The van der Waals surface area contributed by atoms with Gasteiger partial charge in [0.05, 0.1) is 11.8 Å². The summed E-state index contributed by atoms with van der Waals surface area (Å²) in [6, 6.07) is 0.282. The number of rotatable bonds is 5. The highest BCUT2D eigenvalue weighted by molar-refractivity contribution is 5.85. The number of carboxylic acid groups (broad SMARTS) is 1. The average molecular weight is 296 g/mol. The lowest BCUT2D eigenvalue weighted by Crippen LogP contribution is -2.49. The molecule has 5 heteroatoms. The number of carbonyl (C=O) groups is 2. The summed E-state index contributed by atoms with van der Waals surface area (Å²) in [5.74, 6) is -1.20. The third kappa shape index (κ3) is 3.76. The Bertz CT molecular complexity index is 380. The van der Waals surface area contributed by atoms with E-state index in [2.05, 4.69) is 19.2 Å². The van der Waals surface area contributed by atoms with Crippen LogP contribution >= 0.6 is 0 Å². The van der Waals surface area contributed by atoms with Gasteiger partial charge in [0, 0.05) is 12.6 Å². The summed E-state index contributed by atoms with van der Waals surface area (Å²) in [4.78, 5) is 26.4. The molecule has 0 aromatic carbocycles. The van der Waals surface area contributed by atoms with Gasteiger partial charge in [0.15, 0.2) is 0 Å². The topological polar surface area (TPSA) is 69.6 Å². The molecule has 1 saturated carbocycles. The molecule has 21 heavy (non-hydrogen) atoms. The van der Waals surface area contributed by atoms with Gasteiger partial charge in [-0.3, -0.25) is 9.59 Å². The van der Waals surface area contributed by atoms with E-state index in [1.807, 2.05) is 4.90 Å². The first-order chi connectivity index (χ1) is 10.0. The minimum absolute atomic E-state index is 0.0838. The van der Waals surface area contributed by atoms with Crippen LogP contribution in [0, 0.1) is 17.8 Å². The summed E-state index contributed by atoms with van der Waals surface area (Å²) in [7, 11) is 0. The van der Waals surface area contributed by atoms with Crippen LogP contribution in [0.25, 0.3) is 0 Å². The highest BCUT2D eigenvalue weighted by Crippen LogP contribution is 2.38. The number of nitrogens with zero attached hydrogens (tertiary/aromatic N) is 1. The quantitative estimate of drug-likeness (QED) is 0.810. The molecular formula is C16H28N2O3. The minimum Gasteiger partial charge on any atom is -0.481 e. The molecule has 0 spiro atoms. The largest absolute Gasteiger partial charge is 0.481 e. The van der Waals surface area contributed by atoms with Gasteiger partial charge in [-0.25, -0.2) is 0 Å². The van der Waals surface area contributed by atoms with E-state index in [0.717, 1.165) is 45.3 Å². The molecule has 0 radical (unpaired) electrons. The molecule has 5 nitrogen and oxygen atoms in total. The number of hydrogen-bond acceptors (Lipinski definition) is 3. The van der Waals surface area contributed by atoms with Crippen LogP contribution in [-0.4, -0.2) is 47.6 Å². The molecule has 2 N–H and O–H groups in total. The number of piperidine rings is 1. The standard InChI is InChI=1S/C16H28N2O3/c1-3-8-18(12-4-6-17-7-5-12)15(19)13-9-11(2)10-14(13)16(20)21/h11-14,17H,3-10H2,1-2H3,(H,20,21)/t11?,13-,14+/m0/s1. The van der Waals surface area contributed by atoms with E-state index < -0.39 is 11.9 Å². The second kappa shape index (κ2) is 7.25. The summed E-state index contributed by atoms with van der Waals surface area (Å²) in [5.41, 5.74) is 0. The predicted molar refractivity (Wildman–Crippen MR) is 80.9 cm³/mol. The van der Waals surface area contributed by atoms with Crippen molar-refractivity contribution in [3.63, 3.8) is 0 Å². The van der Waals surface area contributed by atoms with E-state index in [9.17, 15) is 14.7 Å². The van der Waals surface area contributed by atoms with Crippen molar-refractivity contribution in [3.05, 3.63) is 0 Å². The molecule has 0 bridgehead atoms. The van der Waals surface area contributed by atoms with Crippen LogP contribution < -0.4 is 5.32 Å². The van der Waals surface area contributed by atoms with Gasteiger partial charge in [0.1, 0.15) is 0 Å². The van der Waals surface area contributed by atoms with E-state index in [1.165, 1.54) is 0 Å². The zero-order chi connectivity index (χ0) is 15.4. The van der Waals surface area contributed by atoms with E-state index in [-0.39, 0.29) is 17.9 Å². The Morgan fingerprint density at radius 2 is 1.81 bits per heavy atom. The Labute approximate surface area is 127 Å². The Kier molecular flexibility index (Phi) is 5.62. The van der Waals surface area contributed by atoms with E-state index in [0.29, 0.717) is 12.3 Å². The summed E-state index contributed by atoms with van der Waals surface area (Å²) in [5, 5.41) is 12.7. The maximum absolute atomic E-state index is 12.9. The lowest BCUT2D eigenvalue weighted by Gasteiger charge is -2.36. The minimum atomic E-state index is -0.806. The smallest absolute Gasteiger partial charge is 0.307 e. The van der Waals surface area contributed by atoms with Crippen LogP contribution in [0.4, 0.5) is 0 Å². The van der Waals surface area contributed by atoms with Crippen LogP contribution in [0.3, 0.4) is 0 Å². The zero-order valence-electron chi connectivity index (χ0n) is 13.2. The highest BCUT2D eigenvalue weighted by atomic mass is 16.4. The van der Waals surface area contributed by atoms with Crippen molar-refractivity contribution in [2.24, 2.45) is 17.8 Å². The van der Waals surface area contributed by atoms with Crippen molar-refractivity contribution < 1.29 is 14.7 Å². The van der Waals surface area contributed by atoms with E-state index >= 15 is 0 Å². The summed E-state index contributed by atoms with van der Waals surface area (Å²) < 4.78 is 0. The Hall–Kier alpha value is -1.10. The van der Waals surface area contributed by atoms with Crippen LogP contribution in [0.1, 0.15) is 46.0 Å². The molecule has 2 fully saturated rings. The second-order valence-electron chi connectivity index (χ2n) is 6.64. The molecule has 120 valence electrons. The fraction of sp³-hybridized carbons (Fsp3) is 0.875. The van der Waals surface area contributed by atoms with Crippen LogP contribution in [0.5, 0.6) is 0 Å². The molecule has 1 unspecified atom stereocenters. The van der Waals surface area contributed by atoms with Gasteiger partial charge in [-0.15, -0.1) is 0 Å². The summed E-state index contributed by atoms with van der Waals surface area (Å²) in [6.07, 6.45) is 4.24. The summed E-state index contributed by atoms with van der Waals surface area (Å²) in [6.45, 7) is 6.77. The molecule has 2 rings (SSSR count). The number of aliphatic carboxylic acids is 1. The molecule has 1 aliphatic heterocycles. The van der Waals surface area contributed by atoms with Gasteiger partial charge in [-0.2, -0.15) is 0 Å². The molecule has 3 atom stereocenters. The van der Waals surface area contributed by atoms with Gasteiger partial charge in [-0.1, -0.05) is 13.8 Å². The first-order valence-corrected chi connectivity index (χ1v) is 8.28. The Morgan fingerprint density at radius 1 is 1.19 bits per heavy atom. The van der Waals surface area contributed by atoms with Crippen LogP contribution in [-0.2, 0) is 9.59 Å². The molecule has 1 amide bonds. The summed E-state index contributed by atoms with van der Waals surface area (Å²) >= 11 is 0. The Morgan fingerprint density at radius 3 is 2.38 bits per heavy atom. The number of amides is 1. The normalized spacial score (nSPS) is 30.3. The van der Waals surface area contributed by atoms with Crippen molar-refractivity contribution >= 4 is 11.9 Å². The molecular weight excluding hydrogens is 268 g/mol. The van der Waals surface area contributed by atoms with Crippen molar-refractivity contribution in [3.8, 4) is 0 Å². The number of hydrogen-bond donors (Lipinski definition) is 2. The zero-order valence-corrected chi connectivity index (χ0v) is 13.2. The highest BCUT2D eigenvalue weighted by Gasteiger charge is 2.43. The van der Waals surface area contributed by atoms with Crippen molar-refractivity contribution in [1.82, 2.24) is 10.2 Å². The van der Waals surface area contributed by atoms with Crippen LogP contribution in [0.2, 0.25) is 0 Å². The Balaban J connectivity index is 2.11. The SMILES string of the molecule is CCCN(C(=O)[C@H]1CC(C)C[C@H]1C(=O)O)C1CCNCC1. The van der Waals surface area contributed by atoms with E-state index in [1.54, 1.807) is 0 Å². The van der Waals surface area contributed by atoms with Crippen molar-refractivity contribution in [2.45, 2.75) is 52.0 Å². The average Bonchev–Trinajstić information content (AvgIpc) is 2.87. The maximum atomic E-state index is 12.9. The van der Waals surface area contributed by atoms with Crippen molar-refractivity contribution in [1.29, 1.82) is 0 Å². The first kappa shape index (κ1) is 16.3. The van der Waals surface area contributed by atoms with Gasteiger partial charge in [0.2, 0.25) is 5.91 Å². The molecule has 2 aliphatic rings. The lowest BCUT2D eigenvalue weighted by molar-refractivity contribution is -0.150. The molecule has 0 aromatic heterocycles. The first-order valence-electron chi connectivity index (χ1n) is 8.28. The third-order valence-electron chi connectivity index (χ3n) is 4.93. The maximum Gasteiger partial charge on any atom is 0.307 e. The fourth-order valence-electron chi connectivity index (χ4n) is 3.88. The molecule has 1 aliphatic carbocycles. The lowest BCUT2D eigenvalue weighted by atomic mass is 9.93. The predicted octanol–water partition coefficient (Wildman–Crippen LogP) is 1.72. The van der Waals surface area contributed by atoms with E-state index in [4.69, 9.17) is 0 Å².